The van der Waals surface area contributed by atoms with Gasteiger partial charge in [0.05, 0.1) is 6.61 Å². The van der Waals surface area contributed by atoms with Crippen LogP contribution in [0.1, 0.15) is 5.56 Å². The maximum absolute atomic E-state index is 12.0. The van der Waals surface area contributed by atoms with E-state index in [-0.39, 0.29) is 5.75 Å². The average molecular weight is 232 g/mol. The van der Waals surface area contributed by atoms with Crippen molar-refractivity contribution < 1.29 is 22.6 Å². The van der Waals surface area contributed by atoms with Crippen molar-refractivity contribution in [3.05, 3.63) is 35.9 Å². The lowest BCUT2D eigenvalue weighted by Gasteiger charge is -2.10. The SMILES string of the molecule is COCC=Cc1ccccc1OC(F)(F)F. The topological polar surface area (TPSA) is 18.5 Å². The van der Waals surface area contributed by atoms with Crippen LogP contribution in [-0.4, -0.2) is 20.1 Å². The first kappa shape index (κ1) is 12.6. The molecule has 0 aliphatic carbocycles. The van der Waals surface area contributed by atoms with E-state index in [2.05, 4.69) is 4.74 Å². The van der Waals surface area contributed by atoms with Gasteiger partial charge in [0, 0.05) is 12.7 Å². The lowest BCUT2D eigenvalue weighted by atomic mass is 10.2. The molecule has 0 unspecified atom stereocenters. The molecular formula is C11H11F3O2. The van der Waals surface area contributed by atoms with Crippen LogP contribution in [0.25, 0.3) is 6.08 Å². The summed E-state index contributed by atoms with van der Waals surface area (Å²) in [6, 6.07) is 5.91. The van der Waals surface area contributed by atoms with Crippen molar-refractivity contribution in [2.45, 2.75) is 6.36 Å². The number of benzene rings is 1. The number of ether oxygens (including phenoxy) is 2. The fourth-order valence-electron chi connectivity index (χ4n) is 1.11. The van der Waals surface area contributed by atoms with Crippen LogP contribution in [0.2, 0.25) is 0 Å². The highest BCUT2D eigenvalue weighted by Crippen LogP contribution is 2.26. The van der Waals surface area contributed by atoms with Gasteiger partial charge in [-0.05, 0) is 6.07 Å². The van der Waals surface area contributed by atoms with E-state index in [4.69, 9.17) is 4.74 Å². The predicted octanol–water partition coefficient (Wildman–Crippen LogP) is 3.24. The molecule has 0 aliphatic heterocycles. The Hall–Kier alpha value is -1.49. The summed E-state index contributed by atoms with van der Waals surface area (Å²) in [5.74, 6) is -0.220. The largest absolute Gasteiger partial charge is 0.573 e. The predicted molar refractivity (Wildman–Crippen MR) is 54.0 cm³/mol. The van der Waals surface area contributed by atoms with Crippen molar-refractivity contribution in [1.29, 1.82) is 0 Å². The first-order chi connectivity index (χ1) is 7.53. The summed E-state index contributed by atoms with van der Waals surface area (Å²) in [7, 11) is 1.50. The molecule has 0 atom stereocenters. The molecular weight excluding hydrogens is 221 g/mol. The van der Waals surface area contributed by atoms with Crippen LogP contribution in [0.15, 0.2) is 30.3 Å². The van der Waals surface area contributed by atoms with Crippen molar-refractivity contribution in [3.8, 4) is 5.75 Å². The van der Waals surface area contributed by atoms with E-state index in [1.54, 1.807) is 12.1 Å². The van der Waals surface area contributed by atoms with Gasteiger partial charge in [0.2, 0.25) is 0 Å². The highest BCUT2D eigenvalue weighted by atomic mass is 19.4. The molecule has 0 bridgehead atoms. The van der Waals surface area contributed by atoms with Crippen LogP contribution in [0, 0.1) is 0 Å². The third-order valence-corrected chi connectivity index (χ3v) is 1.70. The normalized spacial score (nSPS) is 12.0. The smallest absolute Gasteiger partial charge is 0.405 e. The summed E-state index contributed by atoms with van der Waals surface area (Å²) in [4.78, 5) is 0. The maximum atomic E-state index is 12.0. The van der Waals surface area contributed by atoms with Crippen molar-refractivity contribution in [2.75, 3.05) is 13.7 Å². The fourth-order valence-corrected chi connectivity index (χ4v) is 1.11. The molecule has 0 N–H and O–H groups in total. The van der Waals surface area contributed by atoms with Crippen LogP contribution >= 0.6 is 0 Å². The number of methoxy groups -OCH3 is 1. The molecule has 0 amide bonds. The zero-order valence-corrected chi connectivity index (χ0v) is 8.62. The van der Waals surface area contributed by atoms with Gasteiger partial charge in [0.15, 0.2) is 0 Å². The number of hydrogen-bond acceptors (Lipinski definition) is 2. The molecule has 16 heavy (non-hydrogen) atoms. The molecule has 0 aromatic heterocycles. The molecule has 0 saturated carbocycles. The van der Waals surface area contributed by atoms with E-state index in [0.717, 1.165) is 0 Å². The third kappa shape index (κ3) is 4.35. The molecule has 0 aliphatic rings. The Bertz CT molecular complexity index is 358. The molecule has 5 heteroatoms. The quantitative estimate of drug-likeness (QED) is 0.793. The first-order valence-electron chi connectivity index (χ1n) is 4.53. The second-order valence-corrected chi connectivity index (χ2v) is 2.94. The van der Waals surface area contributed by atoms with Crippen molar-refractivity contribution in [3.63, 3.8) is 0 Å². The van der Waals surface area contributed by atoms with Gasteiger partial charge in [-0.15, -0.1) is 13.2 Å². The molecule has 0 heterocycles. The number of hydrogen-bond donors (Lipinski definition) is 0. The van der Waals surface area contributed by atoms with Gasteiger partial charge in [0.25, 0.3) is 0 Å². The van der Waals surface area contributed by atoms with Gasteiger partial charge < -0.3 is 9.47 Å². The fraction of sp³-hybridized carbons (Fsp3) is 0.273. The molecule has 2 nitrogen and oxygen atoms in total. The van der Waals surface area contributed by atoms with Crippen LogP contribution < -0.4 is 4.74 Å². The Morgan fingerprint density at radius 1 is 1.25 bits per heavy atom. The molecule has 1 rings (SSSR count). The zero-order valence-electron chi connectivity index (χ0n) is 8.62. The maximum Gasteiger partial charge on any atom is 0.573 e. The number of alkyl halides is 3. The summed E-state index contributed by atoms with van der Waals surface area (Å²) < 4.78 is 44.7. The summed E-state index contributed by atoms with van der Waals surface area (Å²) in [5, 5.41) is 0. The van der Waals surface area contributed by atoms with Gasteiger partial charge in [-0.25, -0.2) is 0 Å². The summed E-state index contributed by atoms with van der Waals surface area (Å²) in [5.41, 5.74) is 0.358. The Labute approximate surface area is 91.3 Å². The van der Waals surface area contributed by atoms with E-state index in [9.17, 15) is 13.2 Å². The van der Waals surface area contributed by atoms with Crippen LogP contribution in [0.5, 0.6) is 5.75 Å². The van der Waals surface area contributed by atoms with Gasteiger partial charge in [-0.2, -0.15) is 0 Å². The zero-order chi connectivity index (χ0) is 12.0. The highest BCUT2D eigenvalue weighted by Gasteiger charge is 2.31. The van der Waals surface area contributed by atoms with Crippen molar-refractivity contribution >= 4 is 6.08 Å². The average Bonchev–Trinajstić information content (AvgIpc) is 2.19. The van der Waals surface area contributed by atoms with E-state index < -0.39 is 6.36 Å². The minimum absolute atomic E-state index is 0.220. The standard InChI is InChI=1S/C11H11F3O2/c1-15-8-4-6-9-5-2-3-7-10(9)16-11(12,13)14/h2-7H,8H2,1H3. The van der Waals surface area contributed by atoms with Gasteiger partial charge in [-0.3, -0.25) is 0 Å². The Morgan fingerprint density at radius 2 is 1.94 bits per heavy atom. The lowest BCUT2D eigenvalue weighted by Crippen LogP contribution is -2.17. The molecule has 1 aromatic rings. The lowest BCUT2D eigenvalue weighted by molar-refractivity contribution is -0.274. The monoisotopic (exact) mass is 232 g/mol. The molecule has 0 fully saturated rings. The van der Waals surface area contributed by atoms with E-state index in [1.807, 2.05) is 0 Å². The summed E-state index contributed by atoms with van der Waals surface area (Å²) >= 11 is 0. The number of rotatable bonds is 4. The van der Waals surface area contributed by atoms with E-state index >= 15 is 0 Å². The Balaban J connectivity index is 2.83. The van der Waals surface area contributed by atoms with Gasteiger partial charge >= 0.3 is 6.36 Å². The minimum Gasteiger partial charge on any atom is -0.405 e. The summed E-state index contributed by atoms with van der Waals surface area (Å²) in [6.07, 6.45) is -1.55. The molecule has 0 saturated heterocycles. The molecule has 88 valence electrons. The Kier molecular flexibility index (Phi) is 4.37. The number of para-hydroxylation sites is 1. The second kappa shape index (κ2) is 5.55. The second-order valence-electron chi connectivity index (χ2n) is 2.94. The van der Waals surface area contributed by atoms with Crippen molar-refractivity contribution in [1.82, 2.24) is 0 Å². The van der Waals surface area contributed by atoms with Crippen LogP contribution in [0.4, 0.5) is 13.2 Å². The third-order valence-electron chi connectivity index (χ3n) is 1.70. The number of halogens is 3. The minimum atomic E-state index is -4.68. The highest BCUT2D eigenvalue weighted by molar-refractivity contribution is 5.57. The first-order valence-corrected chi connectivity index (χ1v) is 4.53. The van der Waals surface area contributed by atoms with E-state index in [0.29, 0.717) is 12.2 Å². The molecule has 0 radical (unpaired) electrons. The van der Waals surface area contributed by atoms with Gasteiger partial charge in [0.1, 0.15) is 5.75 Å². The van der Waals surface area contributed by atoms with E-state index in [1.165, 1.54) is 31.4 Å². The van der Waals surface area contributed by atoms with Gasteiger partial charge in [-0.1, -0.05) is 30.4 Å². The van der Waals surface area contributed by atoms with Crippen LogP contribution in [-0.2, 0) is 4.74 Å². The molecule has 0 spiro atoms. The molecule has 1 aromatic carbocycles. The summed E-state index contributed by atoms with van der Waals surface area (Å²) in [6.45, 7) is 0.334. The van der Waals surface area contributed by atoms with Crippen molar-refractivity contribution in [2.24, 2.45) is 0 Å². The van der Waals surface area contributed by atoms with Crippen LogP contribution in [0.3, 0.4) is 0 Å². The Morgan fingerprint density at radius 3 is 2.56 bits per heavy atom.